The van der Waals surface area contributed by atoms with E-state index in [0.717, 1.165) is 18.2 Å². The first-order chi connectivity index (χ1) is 19.5. The molecule has 1 aliphatic heterocycles. The highest BCUT2D eigenvalue weighted by Gasteiger charge is 2.34. The number of aryl methyl sites for hydroxylation is 2. The summed E-state index contributed by atoms with van der Waals surface area (Å²) in [6.07, 6.45) is -0.477. The van der Waals surface area contributed by atoms with E-state index in [9.17, 15) is 26.7 Å². The lowest BCUT2D eigenvalue weighted by atomic mass is 9.89. The van der Waals surface area contributed by atoms with E-state index in [2.05, 4.69) is 20.2 Å². The third-order valence-electron chi connectivity index (χ3n) is 7.43. The number of allylic oxidation sites excluding steroid dienone is 4. The lowest BCUT2D eigenvalue weighted by Gasteiger charge is -2.32. The van der Waals surface area contributed by atoms with Gasteiger partial charge < -0.3 is 9.32 Å². The Morgan fingerprint density at radius 1 is 1.07 bits per heavy atom. The van der Waals surface area contributed by atoms with Gasteiger partial charge in [-0.3, -0.25) is 4.79 Å². The molecule has 0 N–H and O–H groups in total. The smallest absolute Gasteiger partial charge is 0.412 e. The van der Waals surface area contributed by atoms with E-state index in [1.54, 1.807) is 24.8 Å². The second-order valence-corrected chi connectivity index (χ2v) is 10.3. The molecule has 41 heavy (non-hydrogen) atoms. The van der Waals surface area contributed by atoms with Gasteiger partial charge >= 0.3 is 6.18 Å². The maximum Gasteiger partial charge on any atom is 0.412 e. The summed E-state index contributed by atoms with van der Waals surface area (Å²) in [5, 5.41) is 8.25. The molecule has 3 aromatic rings. The van der Waals surface area contributed by atoms with Crippen LogP contribution in [0, 0.1) is 25.5 Å². The van der Waals surface area contributed by atoms with Gasteiger partial charge in [0, 0.05) is 30.1 Å². The zero-order valence-electron chi connectivity index (χ0n) is 22.6. The fraction of sp³-hybridized carbons (Fsp3) is 0.414. The lowest BCUT2D eigenvalue weighted by Crippen LogP contribution is -2.39. The molecule has 3 heterocycles. The van der Waals surface area contributed by atoms with Crippen LogP contribution in [0.2, 0.25) is 0 Å². The summed E-state index contributed by atoms with van der Waals surface area (Å²) in [5.74, 6) is -1.03. The molecule has 0 atom stereocenters. The van der Waals surface area contributed by atoms with E-state index in [0.29, 0.717) is 54.3 Å². The summed E-state index contributed by atoms with van der Waals surface area (Å²) in [5.41, 5.74) is 1.51. The number of nitrogens with zero attached hydrogens (tertiary/aromatic N) is 5. The number of rotatable bonds is 6. The number of carbonyl (C=O) groups excluding carboxylic acids is 1. The molecule has 0 bridgehead atoms. The molecule has 5 rings (SSSR count). The van der Waals surface area contributed by atoms with Gasteiger partial charge in [-0.1, -0.05) is 18.2 Å². The van der Waals surface area contributed by atoms with E-state index in [1.165, 1.54) is 6.07 Å². The molecule has 7 nitrogen and oxygen atoms in total. The predicted molar refractivity (Wildman–Crippen MR) is 139 cm³/mol. The normalized spacial score (nSPS) is 16.5. The molecule has 0 saturated carbocycles. The van der Waals surface area contributed by atoms with Gasteiger partial charge in [0.1, 0.15) is 17.5 Å². The van der Waals surface area contributed by atoms with Gasteiger partial charge in [0.25, 0.3) is 5.89 Å². The summed E-state index contributed by atoms with van der Waals surface area (Å²) in [4.78, 5) is 23.5. The maximum absolute atomic E-state index is 14.0. The lowest BCUT2D eigenvalue weighted by molar-refractivity contribution is -0.131. The van der Waals surface area contributed by atoms with Crippen LogP contribution in [0.1, 0.15) is 60.3 Å². The Balaban J connectivity index is 1.31. The molecule has 12 heteroatoms. The third-order valence-corrected chi connectivity index (χ3v) is 7.43. The van der Waals surface area contributed by atoms with Crippen LogP contribution in [-0.2, 0) is 17.6 Å². The SMILES string of the molecule is Cc1nc(C)c(-c2nnc(CC3=CCCC(C(F)(F)F)=C3)o2)c(C2CCN(C(=O)Cc3c(F)cccc3F)CC2)n1. The van der Waals surface area contributed by atoms with Gasteiger partial charge in [0.05, 0.1) is 29.8 Å². The first-order valence-corrected chi connectivity index (χ1v) is 13.3. The second-order valence-electron chi connectivity index (χ2n) is 10.3. The summed E-state index contributed by atoms with van der Waals surface area (Å²) < 4.78 is 73.5. The fourth-order valence-electron chi connectivity index (χ4n) is 5.38. The van der Waals surface area contributed by atoms with Crippen molar-refractivity contribution in [2.45, 2.75) is 64.5 Å². The Hall–Kier alpha value is -3.96. The van der Waals surface area contributed by atoms with Crippen LogP contribution >= 0.6 is 0 Å². The largest absolute Gasteiger partial charge is 0.420 e. The molecule has 0 spiro atoms. The van der Waals surface area contributed by atoms with Crippen molar-refractivity contribution in [1.82, 2.24) is 25.1 Å². The summed E-state index contributed by atoms with van der Waals surface area (Å²) in [7, 11) is 0. The maximum atomic E-state index is 14.0. The molecular weight excluding hydrogens is 545 g/mol. The van der Waals surface area contributed by atoms with Crippen LogP contribution in [0.3, 0.4) is 0 Å². The Morgan fingerprint density at radius 3 is 2.46 bits per heavy atom. The van der Waals surface area contributed by atoms with Gasteiger partial charge in [0.15, 0.2) is 0 Å². The van der Waals surface area contributed by atoms with Gasteiger partial charge in [0.2, 0.25) is 11.8 Å². The monoisotopic (exact) mass is 573 g/mol. The number of alkyl halides is 3. The van der Waals surface area contributed by atoms with E-state index >= 15 is 0 Å². The molecule has 1 fully saturated rings. The van der Waals surface area contributed by atoms with Gasteiger partial charge in [-0.05, 0) is 57.2 Å². The Kier molecular flexibility index (Phi) is 8.01. The Bertz CT molecular complexity index is 1500. The quantitative estimate of drug-likeness (QED) is 0.331. The first kappa shape index (κ1) is 28.6. The molecule has 1 aliphatic carbocycles. The van der Waals surface area contributed by atoms with Crippen LogP contribution < -0.4 is 0 Å². The van der Waals surface area contributed by atoms with Gasteiger partial charge in [-0.15, -0.1) is 10.2 Å². The van der Waals surface area contributed by atoms with Crippen molar-refractivity contribution in [3.05, 3.63) is 81.8 Å². The van der Waals surface area contributed by atoms with E-state index < -0.39 is 23.4 Å². The highest BCUT2D eigenvalue weighted by atomic mass is 19.4. The molecule has 216 valence electrons. The highest BCUT2D eigenvalue weighted by molar-refractivity contribution is 5.79. The zero-order chi connectivity index (χ0) is 29.3. The number of benzene rings is 1. The molecule has 1 saturated heterocycles. The van der Waals surface area contributed by atoms with Crippen molar-refractivity contribution in [1.29, 1.82) is 0 Å². The van der Waals surface area contributed by atoms with E-state index in [1.807, 2.05) is 0 Å². The van der Waals surface area contributed by atoms with Crippen LogP contribution in [0.15, 0.2) is 45.9 Å². The fourth-order valence-corrected chi connectivity index (χ4v) is 5.38. The van der Waals surface area contributed by atoms with Crippen LogP contribution in [0.4, 0.5) is 22.0 Å². The number of hydrogen-bond donors (Lipinski definition) is 0. The topological polar surface area (TPSA) is 85.0 Å². The number of halogens is 5. The number of likely N-dealkylation sites (tertiary alicyclic amines) is 1. The summed E-state index contributed by atoms with van der Waals surface area (Å²) in [6.45, 7) is 4.30. The van der Waals surface area contributed by atoms with Crippen molar-refractivity contribution in [2.24, 2.45) is 0 Å². The molecule has 0 unspecified atom stereocenters. The molecule has 2 aliphatic rings. The number of piperidine rings is 1. The van der Waals surface area contributed by atoms with Gasteiger partial charge in [-0.2, -0.15) is 13.2 Å². The average molecular weight is 574 g/mol. The molecule has 1 aromatic carbocycles. The highest BCUT2D eigenvalue weighted by Crippen LogP contribution is 2.37. The number of hydrogen-bond acceptors (Lipinski definition) is 6. The van der Waals surface area contributed by atoms with Crippen LogP contribution in [0.5, 0.6) is 0 Å². The minimum absolute atomic E-state index is 0.0597. The summed E-state index contributed by atoms with van der Waals surface area (Å²) >= 11 is 0. The number of carbonyl (C=O) groups is 1. The minimum Gasteiger partial charge on any atom is -0.420 e. The first-order valence-electron chi connectivity index (χ1n) is 13.3. The molecule has 0 radical (unpaired) electrons. The minimum atomic E-state index is -4.38. The van der Waals surface area contributed by atoms with Crippen LogP contribution in [0.25, 0.3) is 11.5 Å². The van der Waals surface area contributed by atoms with Crippen molar-refractivity contribution in [3.8, 4) is 11.5 Å². The number of amides is 1. The third kappa shape index (κ3) is 6.36. The van der Waals surface area contributed by atoms with Crippen molar-refractivity contribution in [3.63, 3.8) is 0 Å². The average Bonchev–Trinajstić information content (AvgIpc) is 3.37. The van der Waals surface area contributed by atoms with Crippen molar-refractivity contribution >= 4 is 5.91 Å². The van der Waals surface area contributed by atoms with Crippen LogP contribution in [-0.4, -0.2) is 50.2 Å². The number of aromatic nitrogens is 4. The van der Waals surface area contributed by atoms with Gasteiger partial charge in [-0.25, -0.2) is 18.7 Å². The van der Waals surface area contributed by atoms with Crippen molar-refractivity contribution < 1.29 is 31.2 Å². The summed E-state index contributed by atoms with van der Waals surface area (Å²) in [6, 6.07) is 3.52. The van der Waals surface area contributed by atoms with Crippen molar-refractivity contribution in [2.75, 3.05) is 13.1 Å². The zero-order valence-corrected chi connectivity index (χ0v) is 22.6. The predicted octanol–water partition coefficient (Wildman–Crippen LogP) is 6.12. The van der Waals surface area contributed by atoms with E-state index in [4.69, 9.17) is 4.42 Å². The second kappa shape index (κ2) is 11.5. The molecule has 1 amide bonds. The Morgan fingerprint density at radius 2 is 1.78 bits per heavy atom. The Labute approximate surface area is 233 Å². The molecule has 2 aromatic heterocycles. The van der Waals surface area contributed by atoms with E-state index in [-0.39, 0.29) is 54.9 Å². The standard InChI is InChI=1S/C29H28F5N5O2/c1-16-26(28-38-37-24(41-28)14-18-5-3-6-20(13-18)29(32,33)34)27(36-17(2)35-16)19-9-11-39(12-10-19)25(40)15-21-22(30)7-4-8-23(21)31/h4-5,7-8,13,19H,3,6,9-12,14-15H2,1-2H3. The molecular formula is C29H28F5N5O2.